The highest BCUT2D eigenvalue weighted by Gasteiger charge is 2.19. The van der Waals surface area contributed by atoms with Gasteiger partial charge in [-0.3, -0.25) is 4.79 Å². The van der Waals surface area contributed by atoms with Gasteiger partial charge in [-0.2, -0.15) is 0 Å². The second-order valence-corrected chi connectivity index (χ2v) is 6.01. The number of hydrogen-bond acceptors (Lipinski definition) is 3. The fraction of sp³-hybridized carbons (Fsp3) is 0.250. The van der Waals surface area contributed by atoms with Crippen LogP contribution in [0.15, 0.2) is 48.5 Å². The minimum absolute atomic E-state index is 0.188. The molecule has 25 heavy (non-hydrogen) atoms. The molecule has 1 N–H and O–H groups in total. The largest absolute Gasteiger partial charge is 0.349 e. The average molecular weight is 334 g/mol. The predicted molar refractivity (Wildman–Crippen MR) is 98.9 cm³/mol. The predicted octanol–water partition coefficient (Wildman–Crippen LogP) is 3.69. The van der Waals surface area contributed by atoms with E-state index in [2.05, 4.69) is 35.3 Å². The third-order valence-electron chi connectivity index (χ3n) is 4.18. The Balaban J connectivity index is 2.14. The topological polar surface area (TPSA) is 59.8 Å². The monoisotopic (exact) mass is 334 g/mol. The van der Waals surface area contributed by atoms with Gasteiger partial charge in [0, 0.05) is 12.1 Å². The van der Waals surface area contributed by atoms with Crippen LogP contribution in [-0.4, -0.2) is 27.2 Å². The summed E-state index contributed by atoms with van der Waals surface area (Å²) in [6.45, 7) is 6.74. The van der Waals surface area contributed by atoms with Crippen LogP contribution in [0.5, 0.6) is 0 Å². The van der Waals surface area contributed by atoms with E-state index in [0.717, 1.165) is 23.2 Å². The Bertz CT molecular complexity index is 884. The third-order valence-corrected chi connectivity index (χ3v) is 4.18. The van der Waals surface area contributed by atoms with Gasteiger partial charge in [0.2, 0.25) is 5.82 Å². The van der Waals surface area contributed by atoms with Crippen molar-refractivity contribution in [2.45, 2.75) is 27.2 Å². The number of benzene rings is 2. The highest BCUT2D eigenvalue weighted by atomic mass is 16.2. The zero-order chi connectivity index (χ0) is 17.8. The Labute approximate surface area is 147 Å². The van der Waals surface area contributed by atoms with Gasteiger partial charge in [0.1, 0.15) is 0 Å². The minimum atomic E-state index is -0.247. The molecule has 1 amide bonds. The molecule has 0 aliphatic rings. The van der Waals surface area contributed by atoms with Crippen LogP contribution < -0.4 is 5.32 Å². The fourth-order valence-corrected chi connectivity index (χ4v) is 2.63. The van der Waals surface area contributed by atoms with Gasteiger partial charge in [0.05, 0.1) is 5.69 Å². The first kappa shape index (κ1) is 16.9. The lowest BCUT2D eigenvalue weighted by molar-refractivity contribution is 0.0943. The van der Waals surface area contributed by atoms with Crippen LogP contribution in [0.25, 0.3) is 17.1 Å². The summed E-state index contributed by atoms with van der Waals surface area (Å²) < 4.78 is 1.76. The van der Waals surface area contributed by atoms with Crippen molar-refractivity contribution in [2.24, 2.45) is 0 Å². The van der Waals surface area contributed by atoms with E-state index in [1.807, 2.05) is 49.4 Å². The van der Waals surface area contributed by atoms with Crippen LogP contribution in [0.4, 0.5) is 0 Å². The molecule has 3 aromatic rings. The Morgan fingerprint density at radius 1 is 1.08 bits per heavy atom. The molecule has 0 saturated carbocycles. The summed E-state index contributed by atoms with van der Waals surface area (Å²) in [7, 11) is 0. The van der Waals surface area contributed by atoms with Gasteiger partial charge in [-0.25, -0.2) is 9.67 Å². The fourth-order valence-electron chi connectivity index (χ4n) is 2.63. The van der Waals surface area contributed by atoms with Gasteiger partial charge < -0.3 is 5.32 Å². The zero-order valence-corrected chi connectivity index (χ0v) is 14.8. The summed E-state index contributed by atoms with van der Waals surface area (Å²) in [5.74, 6) is 0.604. The van der Waals surface area contributed by atoms with E-state index in [1.165, 1.54) is 5.56 Å². The van der Waals surface area contributed by atoms with Crippen LogP contribution in [0.3, 0.4) is 0 Å². The highest BCUT2D eigenvalue weighted by molar-refractivity contribution is 5.91. The van der Waals surface area contributed by atoms with Crippen LogP contribution >= 0.6 is 0 Å². The van der Waals surface area contributed by atoms with E-state index in [-0.39, 0.29) is 11.7 Å². The minimum Gasteiger partial charge on any atom is -0.349 e. The van der Waals surface area contributed by atoms with Crippen molar-refractivity contribution < 1.29 is 4.79 Å². The van der Waals surface area contributed by atoms with Crippen molar-refractivity contribution in [2.75, 3.05) is 6.54 Å². The van der Waals surface area contributed by atoms with Crippen molar-refractivity contribution in [1.29, 1.82) is 0 Å². The number of rotatable bonds is 5. The molecule has 5 nitrogen and oxygen atoms in total. The summed E-state index contributed by atoms with van der Waals surface area (Å²) in [5, 5.41) is 7.35. The van der Waals surface area contributed by atoms with E-state index < -0.39 is 0 Å². The summed E-state index contributed by atoms with van der Waals surface area (Å²) in [5.41, 5.74) is 4.14. The number of nitrogens with zero attached hydrogens (tertiary/aromatic N) is 3. The SMILES string of the molecule is CCCNC(=O)c1nc(-c2ccccc2)n(-c2cccc(C)c2C)n1. The number of carbonyl (C=O) groups excluding carboxylic acids is 1. The van der Waals surface area contributed by atoms with E-state index in [4.69, 9.17) is 0 Å². The van der Waals surface area contributed by atoms with Crippen molar-refractivity contribution in [3.05, 3.63) is 65.5 Å². The molecule has 0 bridgehead atoms. The molecule has 0 aliphatic heterocycles. The molecular formula is C20H22N4O. The molecule has 0 unspecified atom stereocenters. The average Bonchev–Trinajstić information content (AvgIpc) is 3.08. The molecule has 1 heterocycles. The summed E-state index contributed by atoms with van der Waals surface area (Å²) in [4.78, 5) is 16.9. The van der Waals surface area contributed by atoms with Gasteiger partial charge in [-0.05, 0) is 37.5 Å². The lowest BCUT2D eigenvalue weighted by Crippen LogP contribution is -2.25. The summed E-state index contributed by atoms with van der Waals surface area (Å²) in [6, 6.07) is 15.9. The van der Waals surface area contributed by atoms with Crippen LogP contribution in [0, 0.1) is 13.8 Å². The smallest absolute Gasteiger partial charge is 0.290 e. The maximum atomic E-state index is 12.3. The second-order valence-electron chi connectivity index (χ2n) is 6.01. The van der Waals surface area contributed by atoms with Crippen LogP contribution in [0.1, 0.15) is 35.1 Å². The van der Waals surface area contributed by atoms with E-state index in [1.54, 1.807) is 4.68 Å². The van der Waals surface area contributed by atoms with Gasteiger partial charge in [-0.1, -0.05) is 49.4 Å². The number of hydrogen-bond donors (Lipinski definition) is 1. The molecule has 0 saturated heterocycles. The number of nitrogens with one attached hydrogen (secondary N) is 1. The standard InChI is InChI=1S/C20H22N4O/c1-4-13-21-20(25)18-22-19(16-10-6-5-7-11-16)24(23-18)17-12-8-9-14(2)15(17)3/h5-12H,4,13H2,1-3H3,(H,21,25). The Morgan fingerprint density at radius 3 is 2.56 bits per heavy atom. The molecule has 3 rings (SSSR count). The maximum Gasteiger partial charge on any atom is 0.290 e. The molecule has 0 atom stereocenters. The van der Waals surface area contributed by atoms with Crippen LogP contribution in [0.2, 0.25) is 0 Å². The first-order valence-corrected chi connectivity index (χ1v) is 8.49. The van der Waals surface area contributed by atoms with E-state index in [9.17, 15) is 4.79 Å². The first-order valence-electron chi connectivity index (χ1n) is 8.49. The number of carbonyl (C=O) groups is 1. The van der Waals surface area contributed by atoms with E-state index in [0.29, 0.717) is 12.4 Å². The number of amides is 1. The zero-order valence-electron chi connectivity index (χ0n) is 14.8. The Kier molecular flexibility index (Phi) is 4.93. The van der Waals surface area contributed by atoms with E-state index >= 15 is 0 Å². The number of aryl methyl sites for hydroxylation is 1. The first-order chi connectivity index (χ1) is 12.1. The van der Waals surface area contributed by atoms with Gasteiger partial charge in [0.15, 0.2) is 5.82 Å². The lowest BCUT2D eigenvalue weighted by Gasteiger charge is -2.10. The Morgan fingerprint density at radius 2 is 1.84 bits per heavy atom. The van der Waals surface area contributed by atoms with Crippen molar-refractivity contribution in [1.82, 2.24) is 20.1 Å². The molecular weight excluding hydrogens is 312 g/mol. The maximum absolute atomic E-state index is 12.3. The van der Waals surface area contributed by atoms with Crippen molar-refractivity contribution in [3.8, 4) is 17.1 Å². The summed E-state index contributed by atoms with van der Waals surface area (Å²) >= 11 is 0. The molecule has 5 heteroatoms. The van der Waals surface area contributed by atoms with Gasteiger partial charge in [0.25, 0.3) is 5.91 Å². The second kappa shape index (κ2) is 7.30. The van der Waals surface area contributed by atoms with Crippen LogP contribution in [-0.2, 0) is 0 Å². The highest BCUT2D eigenvalue weighted by Crippen LogP contribution is 2.24. The summed E-state index contributed by atoms with van der Waals surface area (Å²) in [6.07, 6.45) is 0.870. The Hall–Kier alpha value is -2.95. The normalized spacial score (nSPS) is 10.7. The molecule has 0 fully saturated rings. The molecule has 2 aromatic carbocycles. The molecule has 0 radical (unpaired) electrons. The lowest BCUT2D eigenvalue weighted by atomic mass is 10.1. The quantitative estimate of drug-likeness (QED) is 0.774. The molecule has 0 spiro atoms. The number of aromatic nitrogens is 3. The van der Waals surface area contributed by atoms with Crippen molar-refractivity contribution >= 4 is 5.91 Å². The third kappa shape index (κ3) is 3.45. The van der Waals surface area contributed by atoms with Crippen molar-refractivity contribution in [3.63, 3.8) is 0 Å². The molecule has 1 aromatic heterocycles. The molecule has 128 valence electrons. The molecule has 0 aliphatic carbocycles. The van der Waals surface area contributed by atoms with Gasteiger partial charge >= 0.3 is 0 Å². The van der Waals surface area contributed by atoms with Gasteiger partial charge in [-0.15, -0.1) is 5.10 Å².